The zero-order chi connectivity index (χ0) is 18.3. The molecule has 4 saturated carbocycles. The molecular weight excluding hydrogens is 333 g/mol. The van der Waals surface area contributed by atoms with Gasteiger partial charge in [-0.25, -0.2) is 4.39 Å². The number of rotatable bonds is 5. The van der Waals surface area contributed by atoms with Gasteiger partial charge in [0.2, 0.25) is 0 Å². The van der Waals surface area contributed by atoms with Gasteiger partial charge < -0.3 is 10.1 Å². The largest absolute Gasteiger partial charge is 0.452 e. The molecular formula is C21H26FNO3. The highest BCUT2D eigenvalue weighted by Crippen LogP contribution is 2.55. The van der Waals surface area contributed by atoms with Gasteiger partial charge in [0.05, 0.1) is 6.42 Å². The van der Waals surface area contributed by atoms with Gasteiger partial charge in [-0.05, 0) is 80.9 Å². The Morgan fingerprint density at radius 1 is 1.12 bits per heavy atom. The molecule has 0 aliphatic heterocycles. The predicted octanol–water partition coefficient (Wildman–Crippen LogP) is 3.38. The number of esters is 1. The fraction of sp³-hybridized carbons (Fsp3) is 0.619. The number of hydrogen-bond donors (Lipinski definition) is 1. The first-order valence-corrected chi connectivity index (χ1v) is 9.67. The molecule has 1 atom stereocenters. The molecule has 1 amide bonds. The van der Waals surface area contributed by atoms with Crippen LogP contribution in [-0.2, 0) is 20.7 Å². The monoisotopic (exact) mass is 359 g/mol. The average molecular weight is 359 g/mol. The van der Waals surface area contributed by atoms with Crippen molar-refractivity contribution in [2.45, 2.75) is 63.5 Å². The van der Waals surface area contributed by atoms with E-state index >= 15 is 0 Å². The smallest absolute Gasteiger partial charge is 0.311 e. The van der Waals surface area contributed by atoms with E-state index in [-0.39, 0.29) is 23.7 Å². The summed E-state index contributed by atoms with van der Waals surface area (Å²) in [5.74, 6) is 1.24. The van der Waals surface area contributed by atoms with Crippen molar-refractivity contribution in [1.82, 2.24) is 5.32 Å². The van der Waals surface area contributed by atoms with Gasteiger partial charge in [0.1, 0.15) is 5.82 Å². The molecule has 4 fully saturated rings. The topological polar surface area (TPSA) is 55.4 Å². The van der Waals surface area contributed by atoms with Crippen LogP contribution in [0.2, 0.25) is 0 Å². The number of carbonyl (C=O) groups excluding carboxylic acids is 2. The maximum Gasteiger partial charge on any atom is 0.311 e. The molecule has 26 heavy (non-hydrogen) atoms. The number of ether oxygens (including phenoxy) is 1. The fourth-order valence-electron chi connectivity index (χ4n) is 5.69. The van der Waals surface area contributed by atoms with Crippen LogP contribution in [0.25, 0.3) is 0 Å². The third kappa shape index (κ3) is 3.62. The Hall–Kier alpha value is -1.91. The Morgan fingerprint density at radius 2 is 1.65 bits per heavy atom. The lowest BCUT2D eigenvalue weighted by molar-refractivity contribution is -0.156. The van der Waals surface area contributed by atoms with Crippen LogP contribution in [0.5, 0.6) is 0 Å². The van der Waals surface area contributed by atoms with Crippen LogP contribution in [0.3, 0.4) is 0 Å². The molecule has 0 spiro atoms. The van der Waals surface area contributed by atoms with E-state index in [0.29, 0.717) is 5.56 Å². The standard InChI is InChI=1S/C21H26FNO3/c1-13(26-19(24)9-14-2-4-18(22)5-3-14)20(25)23-21-10-15-6-16(11-21)8-17(7-15)12-21/h2-5,13,15-17H,6-12H2,1H3,(H,23,25)/t13-,15?,16?,17?,21?/m1/s1. The van der Waals surface area contributed by atoms with Crippen molar-refractivity contribution in [2.75, 3.05) is 0 Å². The summed E-state index contributed by atoms with van der Waals surface area (Å²) in [4.78, 5) is 24.7. The molecule has 0 aromatic heterocycles. The highest BCUT2D eigenvalue weighted by molar-refractivity contribution is 5.84. The Morgan fingerprint density at radius 3 is 2.19 bits per heavy atom. The Balaban J connectivity index is 1.32. The molecule has 4 nitrogen and oxygen atoms in total. The highest BCUT2D eigenvalue weighted by Gasteiger charge is 2.51. The lowest BCUT2D eigenvalue weighted by atomic mass is 9.53. The summed E-state index contributed by atoms with van der Waals surface area (Å²) >= 11 is 0. The van der Waals surface area contributed by atoms with Crippen molar-refractivity contribution in [1.29, 1.82) is 0 Å². The summed E-state index contributed by atoms with van der Waals surface area (Å²) in [5.41, 5.74) is 0.591. The summed E-state index contributed by atoms with van der Waals surface area (Å²) in [7, 11) is 0. The van der Waals surface area contributed by atoms with Crippen LogP contribution in [0.1, 0.15) is 51.0 Å². The molecule has 0 unspecified atom stereocenters. The SMILES string of the molecule is C[C@@H](OC(=O)Cc1ccc(F)cc1)C(=O)NC12CC3CC(CC(C3)C1)C2. The van der Waals surface area contributed by atoms with E-state index in [9.17, 15) is 14.0 Å². The zero-order valence-corrected chi connectivity index (χ0v) is 15.2. The predicted molar refractivity (Wildman–Crippen MR) is 94.7 cm³/mol. The number of benzene rings is 1. The minimum absolute atomic E-state index is 0.0370. The van der Waals surface area contributed by atoms with Gasteiger partial charge in [-0.2, -0.15) is 0 Å². The van der Waals surface area contributed by atoms with Crippen molar-refractivity contribution >= 4 is 11.9 Å². The second-order valence-corrected chi connectivity index (χ2v) is 8.62. The maximum absolute atomic E-state index is 12.9. The van der Waals surface area contributed by atoms with Gasteiger partial charge in [-0.3, -0.25) is 9.59 Å². The summed E-state index contributed by atoms with van der Waals surface area (Å²) in [6.45, 7) is 1.62. The second-order valence-electron chi connectivity index (χ2n) is 8.62. The Labute approximate surface area is 153 Å². The van der Waals surface area contributed by atoms with Crippen molar-refractivity contribution in [3.8, 4) is 0 Å². The molecule has 4 bridgehead atoms. The van der Waals surface area contributed by atoms with Crippen molar-refractivity contribution < 1.29 is 18.7 Å². The van der Waals surface area contributed by atoms with E-state index < -0.39 is 12.1 Å². The van der Waals surface area contributed by atoms with Crippen LogP contribution in [-0.4, -0.2) is 23.5 Å². The fourth-order valence-corrected chi connectivity index (χ4v) is 5.69. The summed E-state index contributed by atoms with van der Waals surface area (Å²) in [6.07, 6.45) is 6.39. The minimum atomic E-state index is -0.809. The molecule has 1 aromatic rings. The van der Waals surface area contributed by atoms with Crippen molar-refractivity contribution in [3.63, 3.8) is 0 Å². The van der Waals surface area contributed by atoms with Crippen LogP contribution in [0, 0.1) is 23.6 Å². The number of hydrogen-bond acceptors (Lipinski definition) is 3. The third-order valence-corrected chi connectivity index (χ3v) is 6.37. The zero-order valence-electron chi connectivity index (χ0n) is 15.2. The van der Waals surface area contributed by atoms with E-state index in [1.165, 1.54) is 31.4 Å². The molecule has 0 radical (unpaired) electrons. The summed E-state index contributed by atoms with van der Waals surface area (Å²) in [5, 5.41) is 3.24. The van der Waals surface area contributed by atoms with Crippen LogP contribution in [0.15, 0.2) is 24.3 Å². The maximum atomic E-state index is 12.9. The van der Waals surface area contributed by atoms with E-state index in [2.05, 4.69) is 5.32 Å². The van der Waals surface area contributed by atoms with Crippen LogP contribution < -0.4 is 5.32 Å². The number of amides is 1. The highest BCUT2D eigenvalue weighted by atomic mass is 19.1. The molecule has 5 heteroatoms. The van der Waals surface area contributed by atoms with Gasteiger partial charge >= 0.3 is 5.97 Å². The van der Waals surface area contributed by atoms with Gasteiger partial charge in [0.25, 0.3) is 5.91 Å². The summed E-state index contributed by atoms with van der Waals surface area (Å²) < 4.78 is 18.2. The van der Waals surface area contributed by atoms with Gasteiger partial charge in [0.15, 0.2) is 6.10 Å². The van der Waals surface area contributed by atoms with E-state index in [4.69, 9.17) is 4.74 Å². The second kappa shape index (κ2) is 6.67. The molecule has 0 saturated heterocycles. The number of nitrogens with one attached hydrogen (secondary N) is 1. The molecule has 0 heterocycles. The number of halogens is 1. The molecule has 140 valence electrons. The molecule has 1 N–H and O–H groups in total. The van der Waals surface area contributed by atoms with Crippen LogP contribution >= 0.6 is 0 Å². The first kappa shape index (κ1) is 17.5. The molecule has 5 rings (SSSR count). The number of carbonyl (C=O) groups is 2. The first-order valence-electron chi connectivity index (χ1n) is 9.67. The molecule has 1 aromatic carbocycles. The lowest BCUT2D eigenvalue weighted by Gasteiger charge is -2.57. The van der Waals surface area contributed by atoms with Gasteiger partial charge in [-0.1, -0.05) is 12.1 Å². The average Bonchev–Trinajstić information content (AvgIpc) is 2.55. The van der Waals surface area contributed by atoms with E-state index in [1.54, 1.807) is 19.1 Å². The lowest BCUT2D eigenvalue weighted by Crippen LogP contribution is -2.61. The quantitative estimate of drug-likeness (QED) is 0.820. The van der Waals surface area contributed by atoms with Crippen molar-refractivity contribution in [2.24, 2.45) is 17.8 Å². The van der Waals surface area contributed by atoms with Gasteiger partial charge in [0, 0.05) is 5.54 Å². The summed E-state index contributed by atoms with van der Waals surface area (Å²) in [6, 6.07) is 5.73. The van der Waals surface area contributed by atoms with Crippen LogP contribution in [0.4, 0.5) is 4.39 Å². The third-order valence-electron chi connectivity index (χ3n) is 6.37. The molecule has 4 aliphatic carbocycles. The van der Waals surface area contributed by atoms with E-state index in [0.717, 1.165) is 37.0 Å². The van der Waals surface area contributed by atoms with Crippen molar-refractivity contribution in [3.05, 3.63) is 35.6 Å². The minimum Gasteiger partial charge on any atom is -0.452 e. The van der Waals surface area contributed by atoms with E-state index in [1.807, 2.05) is 0 Å². The first-order chi connectivity index (χ1) is 12.4. The molecule has 4 aliphatic rings. The normalized spacial score (nSPS) is 32.9. The Kier molecular flexibility index (Phi) is 4.49. The van der Waals surface area contributed by atoms with Gasteiger partial charge in [-0.15, -0.1) is 0 Å². The Bertz CT molecular complexity index is 664.